The van der Waals surface area contributed by atoms with Gasteiger partial charge in [0.15, 0.2) is 0 Å². The molecule has 0 radical (unpaired) electrons. The lowest BCUT2D eigenvalue weighted by Crippen LogP contribution is -2.08. The van der Waals surface area contributed by atoms with Gasteiger partial charge in [0.2, 0.25) is 7.98 Å². The van der Waals surface area contributed by atoms with E-state index in [1.165, 1.54) is 0 Å². The molecule has 4 heteroatoms. The fraction of sp³-hybridized carbons (Fsp3) is 0.143. The van der Waals surface area contributed by atoms with Crippen molar-refractivity contribution < 1.29 is 0 Å². The first-order valence-corrected chi connectivity index (χ1v) is 3.50. The average Bonchev–Trinajstić information content (AvgIpc) is 2.30. The van der Waals surface area contributed by atoms with Crippen LogP contribution < -0.4 is 0 Å². The van der Waals surface area contributed by atoms with E-state index < -0.39 is 0 Å². The Kier molecular flexibility index (Phi) is 1.21. The first-order chi connectivity index (χ1) is 5.29. The topological polar surface area (TPSA) is 29.0 Å². The predicted octanol–water partition coefficient (Wildman–Crippen LogP) is -0.189. The van der Waals surface area contributed by atoms with Gasteiger partial charge in [-0.15, -0.1) is 0 Å². The van der Waals surface area contributed by atoms with Gasteiger partial charge in [-0.3, -0.25) is 0 Å². The fourth-order valence-corrected chi connectivity index (χ4v) is 1.27. The summed E-state index contributed by atoms with van der Waals surface area (Å²) in [5, 5.41) is 7.82. The Bertz CT molecular complexity index is 310. The lowest BCUT2D eigenvalue weighted by atomic mass is 10.2. The summed E-state index contributed by atoms with van der Waals surface area (Å²) in [6.07, 6.45) is 1.70. The molecule has 0 spiro atoms. The molecule has 1 aliphatic rings. The van der Waals surface area contributed by atoms with Gasteiger partial charge < -0.3 is 4.81 Å². The Morgan fingerprint density at radius 1 is 1.64 bits per heavy atom. The van der Waals surface area contributed by atoms with Gasteiger partial charge in [0.1, 0.15) is 0 Å². The highest BCUT2D eigenvalue weighted by Crippen LogP contribution is 2.26. The maximum Gasteiger partial charge on any atom is 0.218 e. The van der Waals surface area contributed by atoms with Crippen LogP contribution in [0, 0.1) is 0 Å². The molecule has 0 atom stereocenters. The van der Waals surface area contributed by atoms with Crippen molar-refractivity contribution in [2.45, 2.75) is 6.54 Å². The van der Waals surface area contributed by atoms with Crippen molar-refractivity contribution in [1.82, 2.24) is 15.0 Å². The molecular weight excluding hydrogens is 137 g/mol. The van der Waals surface area contributed by atoms with Crippen LogP contribution in [0.15, 0.2) is 18.8 Å². The highest BCUT2D eigenvalue weighted by Gasteiger charge is 2.19. The molecule has 1 aromatic rings. The highest BCUT2D eigenvalue weighted by molar-refractivity contribution is 6.10. The van der Waals surface area contributed by atoms with Crippen molar-refractivity contribution in [2.24, 2.45) is 0 Å². The van der Waals surface area contributed by atoms with E-state index in [1.807, 2.05) is 14.0 Å². The van der Waals surface area contributed by atoms with E-state index >= 15 is 0 Å². The molecule has 0 saturated heterocycles. The van der Waals surface area contributed by atoms with Gasteiger partial charge in [-0.25, -0.2) is 0 Å². The van der Waals surface area contributed by atoms with Gasteiger partial charge in [0.25, 0.3) is 0 Å². The average molecular weight is 145 g/mol. The van der Waals surface area contributed by atoms with E-state index in [2.05, 4.69) is 21.6 Å². The van der Waals surface area contributed by atoms with Crippen molar-refractivity contribution in [3.8, 4) is 0 Å². The molecular formula is C7H8BN3. The molecule has 2 heterocycles. The predicted molar refractivity (Wildman–Crippen MR) is 45.2 cm³/mol. The molecule has 54 valence electrons. The Balaban J connectivity index is 2.55. The smallest absolute Gasteiger partial charge is 0.218 e. The standard InChI is InChI=1S/C7H8BN3/c1-5-6-2-3-9-10-7(6)4-11(5)8/h2-3H,1,4,8H2. The zero-order chi connectivity index (χ0) is 7.84. The molecule has 0 aliphatic carbocycles. The number of hydrogen-bond donors (Lipinski definition) is 0. The summed E-state index contributed by atoms with van der Waals surface area (Å²) in [4.78, 5) is 2.07. The van der Waals surface area contributed by atoms with E-state index in [-0.39, 0.29) is 0 Å². The van der Waals surface area contributed by atoms with Crippen molar-refractivity contribution in [2.75, 3.05) is 0 Å². The lowest BCUT2D eigenvalue weighted by molar-refractivity contribution is 0.642. The molecule has 11 heavy (non-hydrogen) atoms. The summed E-state index contributed by atoms with van der Waals surface area (Å²) in [6.45, 7) is 4.77. The summed E-state index contributed by atoms with van der Waals surface area (Å²) in [6, 6.07) is 1.95. The van der Waals surface area contributed by atoms with E-state index in [1.54, 1.807) is 6.20 Å². The second-order valence-electron chi connectivity index (χ2n) is 2.69. The third kappa shape index (κ3) is 0.825. The molecule has 1 aliphatic heterocycles. The minimum absolute atomic E-state index is 0.835. The van der Waals surface area contributed by atoms with E-state index in [9.17, 15) is 0 Å². The molecule has 0 N–H and O–H groups in total. The van der Waals surface area contributed by atoms with Crippen molar-refractivity contribution in [3.63, 3.8) is 0 Å². The van der Waals surface area contributed by atoms with E-state index in [0.29, 0.717) is 0 Å². The first kappa shape index (κ1) is 6.40. The van der Waals surface area contributed by atoms with Crippen LogP contribution in [-0.4, -0.2) is 23.0 Å². The molecule has 0 bridgehead atoms. The Morgan fingerprint density at radius 2 is 2.45 bits per heavy atom. The lowest BCUT2D eigenvalue weighted by Gasteiger charge is -2.10. The molecule has 0 fully saturated rings. The number of fused-ring (bicyclic) bond motifs is 1. The van der Waals surface area contributed by atoms with E-state index in [0.717, 1.165) is 23.5 Å². The summed E-state index contributed by atoms with van der Waals surface area (Å²) in [5.41, 5.74) is 3.19. The van der Waals surface area contributed by atoms with Crippen LogP contribution in [0.25, 0.3) is 5.70 Å². The molecule has 0 saturated carbocycles. The van der Waals surface area contributed by atoms with Crippen molar-refractivity contribution in [3.05, 3.63) is 30.1 Å². The number of nitrogens with zero attached hydrogens (tertiary/aromatic N) is 3. The maximum atomic E-state index is 4.01. The van der Waals surface area contributed by atoms with Crippen LogP contribution in [0.4, 0.5) is 0 Å². The number of rotatable bonds is 0. The quantitative estimate of drug-likeness (QED) is 0.474. The molecule has 0 aromatic carbocycles. The van der Waals surface area contributed by atoms with Crippen LogP contribution in [0.5, 0.6) is 0 Å². The van der Waals surface area contributed by atoms with Crippen LogP contribution >= 0.6 is 0 Å². The van der Waals surface area contributed by atoms with Gasteiger partial charge >= 0.3 is 0 Å². The van der Waals surface area contributed by atoms with Crippen molar-refractivity contribution in [1.29, 1.82) is 0 Å². The number of hydrogen-bond acceptors (Lipinski definition) is 3. The van der Waals surface area contributed by atoms with Gasteiger partial charge in [-0.1, -0.05) is 6.58 Å². The Labute approximate surface area is 66.2 Å². The van der Waals surface area contributed by atoms with Gasteiger partial charge in [-0.2, -0.15) is 10.2 Å². The number of aromatic nitrogens is 2. The monoisotopic (exact) mass is 145 g/mol. The van der Waals surface area contributed by atoms with Crippen LogP contribution in [0.3, 0.4) is 0 Å². The van der Waals surface area contributed by atoms with Gasteiger partial charge in [-0.05, 0) is 6.07 Å². The Hall–Kier alpha value is -1.32. The Morgan fingerprint density at radius 3 is 3.18 bits per heavy atom. The second kappa shape index (κ2) is 2.08. The zero-order valence-corrected chi connectivity index (χ0v) is 6.41. The van der Waals surface area contributed by atoms with Gasteiger partial charge in [0.05, 0.1) is 18.4 Å². The zero-order valence-electron chi connectivity index (χ0n) is 6.41. The fourth-order valence-electron chi connectivity index (χ4n) is 1.27. The SMILES string of the molecule is BN1Cc2nnccc2C1=C. The summed E-state index contributed by atoms with van der Waals surface area (Å²) in [7, 11) is 2.00. The minimum atomic E-state index is 0.835. The summed E-state index contributed by atoms with van der Waals surface area (Å²) in [5.74, 6) is 0. The molecule has 3 nitrogen and oxygen atoms in total. The highest BCUT2D eigenvalue weighted by atomic mass is 15.2. The third-order valence-corrected chi connectivity index (χ3v) is 1.96. The van der Waals surface area contributed by atoms with E-state index in [4.69, 9.17) is 0 Å². The summed E-state index contributed by atoms with van der Waals surface area (Å²) < 4.78 is 0. The minimum Gasteiger partial charge on any atom is -0.417 e. The largest absolute Gasteiger partial charge is 0.417 e. The summed E-state index contributed by atoms with van der Waals surface area (Å²) >= 11 is 0. The molecule has 2 rings (SSSR count). The van der Waals surface area contributed by atoms with Crippen LogP contribution in [0.1, 0.15) is 11.3 Å². The van der Waals surface area contributed by atoms with Crippen LogP contribution in [-0.2, 0) is 6.54 Å². The molecule has 1 aromatic heterocycles. The van der Waals surface area contributed by atoms with Crippen molar-refractivity contribution >= 4 is 13.7 Å². The normalized spacial score (nSPS) is 15.3. The molecule has 0 unspecified atom stereocenters. The maximum absolute atomic E-state index is 4.01. The van der Waals surface area contributed by atoms with Crippen LogP contribution in [0.2, 0.25) is 0 Å². The first-order valence-electron chi connectivity index (χ1n) is 3.50. The third-order valence-electron chi connectivity index (χ3n) is 1.96. The second-order valence-corrected chi connectivity index (χ2v) is 2.69. The van der Waals surface area contributed by atoms with Gasteiger partial charge in [0, 0.05) is 11.3 Å². The molecule has 0 amide bonds.